The lowest BCUT2D eigenvalue weighted by Gasteiger charge is -2.29. The number of amides is 2. The summed E-state index contributed by atoms with van der Waals surface area (Å²) in [5.41, 5.74) is 0.425. The van der Waals surface area contributed by atoms with E-state index in [1.807, 2.05) is 0 Å². The zero-order valence-corrected chi connectivity index (χ0v) is 14.8. The van der Waals surface area contributed by atoms with Crippen molar-refractivity contribution in [3.8, 4) is 0 Å². The summed E-state index contributed by atoms with van der Waals surface area (Å²) in [5, 5.41) is 2.61. The molecule has 1 aromatic carbocycles. The third-order valence-electron chi connectivity index (χ3n) is 4.09. The first-order chi connectivity index (χ1) is 13.1. The summed E-state index contributed by atoms with van der Waals surface area (Å²) < 4.78 is 15.6. The SMILES string of the molecule is CC(OC(=O)c1ccccc1NC(=O)c1ccco1)C(=O)N1CCOCC1. The first kappa shape index (κ1) is 18.7. The van der Waals surface area contributed by atoms with Crippen LogP contribution in [0.1, 0.15) is 27.8 Å². The van der Waals surface area contributed by atoms with E-state index in [4.69, 9.17) is 13.9 Å². The third kappa shape index (κ3) is 4.53. The lowest BCUT2D eigenvalue weighted by atomic mass is 10.1. The van der Waals surface area contributed by atoms with Gasteiger partial charge in [0.1, 0.15) is 0 Å². The number of benzene rings is 1. The average Bonchev–Trinajstić information content (AvgIpc) is 3.23. The van der Waals surface area contributed by atoms with Gasteiger partial charge in [0.2, 0.25) is 0 Å². The highest BCUT2D eigenvalue weighted by molar-refractivity contribution is 6.06. The molecule has 1 saturated heterocycles. The quantitative estimate of drug-likeness (QED) is 0.806. The molecule has 0 radical (unpaired) electrons. The number of ether oxygens (including phenoxy) is 2. The van der Waals surface area contributed by atoms with E-state index >= 15 is 0 Å². The minimum Gasteiger partial charge on any atom is -0.459 e. The molecule has 1 aromatic heterocycles. The van der Waals surface area contributed by atoms with Crippen LogP contribution in [-0.4, -0.2) is 55.1 Å². The summed E-state index contributed by atoms with van der Waals surface area (Å²) in [5.74, 6) is -1.34. The van der Waals surface area contributed by atoms with Crippen molar-refractivity contribution in [2.75, 3.05) is 31.6 Å². The zero-order chi connectivity index (χ0) is 19.2. The van der Waals surface area contributed by atoms with Gasteiger partial charge in [0, 0.05) is 13.1 Å². The van der Waals surface area contributed by atoms with E-state index < -0.39 is 18.0 Å². The van der Waals surface area contributed by atoms with Crippen LogP contribution >= 0.6 is 0 Å². The predicted octanol–water partition coefficient (Wildman–Crippen LogP) is 1.94. The number of esters is 1. The minimum atomic E-state index is -0.940. The van der Waals surface area contributed by atoms with Crippen molar-refractivity contribution in [3.63, 3.8) is 0 Å². The molecule has 1 atom stereocenters. The number of rotatable bonds is 5. The highest BCUT2D eigenvalue weighted by atomic mass is 16.5. The van der Waals surface area contributed by atoms with E-state index in [9.17, 15) is 14.4 Å². The Morgan fingerprint density at radius 2 is 1.85 bits per heavy atom. The van der Waals surface area contributed by atoms with Gasteiger partial charge in [0.15, 0.2) is 11.9 Å². The number of morpholine rings is 1. The Labute approximate surface area is 156 Å². The lowest BCUT2D eigenvalue weighted by molar-refractivity contribution is -0.143. The van der Waals surface area contributed by atoms with Crippen LogP contribution < -0.4 is 5.32 Å². The fraction of sp³-hybridized carbons (Fsp3) is 0.316. The summed E-state index contributed by atoms with van der Waals surface area (Å²) in [7, 11) is 0. The topological polar surface area (TPSA) is 98.1 Å². The Bertz CT molecular complexity index is 811. The van der Waals surface area contributed by atoms with Gasteiger partial charge in [-0.05, 0) is 31.2 Å². The normalized spacial score (nSPS) is 15.1. The van der Waals surface area contributed by atoms with Crippen LogP contribution in [0.25, 0.3) is 0 Å². The zero-order valence-electron chi connectivity index (χ0n) is 14.8. The molecule has 1 fully saturated rings. The number of carbonyl (C=O) groups excluding carboxylic acids is 3. The molecule has 8 heteroatoms. The van der Waals surface area contributed by atoms with Crippen LogP contribution in [0.5, 0.6) is 0 Å². The molecule has 142 valence electrons. The number of nitrogens with zero attached hydrogens (tertiary/aromatic N) is 1. The summed E-state index contributed by atoms with van der Waals surface area (Å²) in [6, 6.07) is 9.52. The number of hydrogen-bond acceptors (Lipinski definition) is 6. The van der Waals surface area contributed by atoms with Crippen LogP contribution in [0, 0.1) is 0 Å². The number of hydrogen-bond donors (Lipinski definition) is 1. The Morgan fingerprint density at radius 3 is 2.56 bits per heavy atom. The van der Waals surface area contributed by atoms with E-state index in [1.54, 1.807) is 29.2 Å². The predicted molar refractivity (Wildman–Crippen MR) is 95.4 cm³/mol. The Kier molecular flexibility index (Phi) is 5.87. The fourth-order valence-corrected chi connectivity index (χ4v) is 2.68. The van der Waals surface area contributed by atoms with Gasteiger partial charge in [-0.15, -0.1) is 0 Å². The van der Waals surface area contributed by atoms with Crippen molar-refractivity contribution in [2.24, 2.45) is 0 Å². The van der Waals surface area contributed by atoms with Gasteiger partial charge in [-0.1, -0.05) is 12.1 Å². The molecule has 27 heavy (non-hydrogen) atoms. The van der Waals surface area contributed by atoms with Gasteiger partial charge in [0.25, 0.3) is 11.8 Å². The summed E-state index contributed by atoms with van der Waals surface area (Å²) >= 11 is 0. The highest BCUT2D eigenvalue weighted by Gasteiger charge is 2.26. The third-order valence-corrected chi connectivity index (χ3v) is 4.09. The van der Waals surface area contributed by atoms with E-state index in [-0.39, 0.29) is 22.9 Å². The van der Waals surface area contributed by atoms with E-state index in [0.29, 0.717) is 26.3 Å². The molecule has 1 unspecified atom stereocenters. The lowest BCUT2D eigenvalue weighted by Crippen LogP contribution is -2.46. The van der Waals surface area contributed by atoms with Crippen molar-refractivity contribution in [1.82, 2.24) is 4.90 Å². The molecule has 1 N–H and O–H groups in total. The molecule has 0 bridgehead atoms. The van der Waals surface area contributed by atoms with Gasteiger partial charge in [-0.2, -0.15) is 0 Å². The molecule has 1 aliphatic rings. The van der Waals surface area contributed by atoms with Crippen molar-refractivity contribution >= 4 is 23.5 Å². The average molecular weight is 372 g/mol. The number of furan rings is 1. The number of nitrogens with one attached hydrogen (secondary N) is 1. The molecule has 0 saturated carbocycles. The second-order valence-corrected chi connectivity index (χ2v) is 5.96. The van der Waals surface area contributed by atoms with Crippen LogP contribution in [0.2, 0.25) is 0 Å². The number of para-hydroxylation sites is 1. The molecule has 8 nitrogen and oxygen atoms in total. The van der Waals surface area contributed by atoms with Crippen LogP contribution in [0.15, 0.2) is 47.1 Å². The molecule has 1 aliphatic heterocycles. The molecule has 2 amide bonds. The van der Waals surface area contributed by atoms with Crippen molar-refractivity contribution < 1.29 is 28.3 Å². The van der Waals surface area contributed by atoms with Gasteiger partial charge in [-0.25, -0.2) is 4.79 Å². The maximum absolute atomic E-state index is 12.5. The first-order valence-electron chi connectivity index (χ1n) is 8.57. The van der Waals surface area contributed by atoms with E-state index in [1.165, 1.54) is 25.3 Å². The van der Waals surface area contributed by atoms with Crippen molar-refractivity contribution in [3.05, 3.63) is 54.0 Å². The van der Waals surface area contributed by atoms with E-state index in [2.05, 4.69) is 5.32 Å². The summed E-state index contributed by atoms with van der Waals surface area (Å²) in [6.45, 7) is 3.40. The molecule has 3 rings (SSSR count). The monoisotopic (exact) mass is 372 g/mol. The maximum atomic E-state index is 12.5. The van der Waals surface area contributed by atoms with Gasteiger partial charge in [0.05, 0.1) is 30.7 Å². The van der Waals surface area contributed by atoms with Crippen LogP contribution in [-0.2, 0) is 14.3 Å². The molecule has 2 aromatic rings. The Balaban J connectivity index is 1.67. The van der Waals surface area contributed by atoms with Crippen LogP contribution in [0.3, 0.4) is 0 Å². The smallest absolute Gasteiger partial charge is 0.341 e. The van der Waals surface area contributed by atoms with Crippen LogP contribution in [0.4, 0.5) is 5.69 Å². The molecular formula is C19H20N2O6. The summed E-state index contributed by atoms with van der Waals surface area (Å²) in [4.78, 5) is 38.7. The largest absolute Gasteiger partial charge is 0.459 e. The van der Waals surface area contributed by atoms with Gasteiger partial charge < -0.3 is 24.1 Å². The van der Waals surface area contributed by atoms with Gasteiger partial charge >= 0.3 is 5.97 Å². The molecular weight excluding hydrogens is 352 g/mol. The second-order valence-electron chi connectivity index (χ2n) is 5.96. The van der Waals surface area contributed by atoms with Crippen molar-refractivity contribution in [1.29, 1.82) is 0 Å². The minimum absolute atomic E-state index is 0.119. The van der Waals surface area contributed by atoms with Gasteiger partial charge in [-0.3, -0.25) is 9.59 Å². The standard InChI is InChI=1S/C19H20N2O6/c1-13(18(23)21-8-11-25-12-9-21)27-19(24)14-5-2-3-6-15(14)20-17(22)16-7-4-10-26-16/h2-7,10,13H,8-9,11-12H2,1H3,(H,20,22). The first-order valence-corrected chi connectivity index (χ1v) is 8.57. The number of anilines is 1. The molecule has 0 aliphatic carbocycles. The maximum Gasteiger partial charge on any atom is 0.341 e. The molecule has 0 spiro atoms. The molecule has 2 heterocycles. The Hall–Kier alpha value is -3.13. The van der Waals surface area contributed by atoms with Crippen molar-refractivity contribution in [2.45, 2.75) is 13.0 Å². The number of carbonyl (C=O) groups is 3. The highest BCUT2D eigenvalue weighted by Crippen LogP contribution is 2.19. The summed E-state index contributed by atoms with van der Waals surface area (Å²) in [6.07, 6.45) is 0.443. The second kappa shape index (κ2) is 8.50. The van der Waals surface area contributed by atoms with E-state index in [0.717, 1.165) is 0 Å². The Morgan fingerprint density at radius 1 is 1.11 bits per heavy atom. The fourth-order valence-electron chi connectivity index (χ4n) is 2.68.